The van der Waals surface area contributed by atoms with Gasteiger partial charge in [0.25, 0.3) is 0 Å². The molecule has 0 aliphatic rings. The first-order valence-electron chi connectivity index (χ1n) is 6.35. The Labute approximate surface area is 107 Å². The van der Waals surface area contributed by atoms with Crippen LogP contribution in [0.2, 0.25) is 0 Å². The van der Waals surface area contributed by atoms with Gasteiger partial charge in [0.2, 0.25) is 0 Å². The van der Waals surface area contributed by atoms with Gasteiger partial charge in [-0.05, 0) is 40.0 Å². The van der Waals surface area contributed by atoms with Gasteiger partial charge in [-0.3, -0.25) is 4.79 Å². The van der Waals surface area contributed by atoms with Gasteiger partial charge in [-0.25, -0.2) is 0 Å². The third-order valence-corrected chi connectivity index (χ3v) is 3.33. The zero-order valence-corrected chi connectivity index (χ0v) is 11.4. The Hall–Kier alpha value is -1.61. The van der Waals surface area contributed by atoms with Crippen molar-refractivity contribution >= 4 is 10.9 Å². The summed E-state index contributed by atoms with van der Waals surface area (Å²) in [6.07, 6.45) is 0. The molecule has 2 rings (SSSR count). The second kappa shape index (κ2) is 4.94. The Morgan fingerprint density at radius 1 is 1.28 bits per heavy atom. The van der Waals surface area contributed by atoms with Crippen molar-refractivity contribution in [2.45, 2.75) is 33.4 Å². The molecule has 3 heteroatoms. The molecule has 3 nitrogen and oxygen atoms in total. The van der Waals surface area contributed by atoms with Crippen molar-refractivity contribution in [3.8, 4) is 0 Å². The smallest absolute Gasteiger partial charge is 0.192 e. The van der Waals surface area contributed by atoms with Gasteiger partial charge in [-0.2, -0.15) is 0 Å². The number of nitrogens with one attached hydrogen (secondary N) is 1. The van der Waals surface area contributed by atoms with Gasteiger partial charge < -0.3 is 9.88 Å². The van der Waals surface area contributed by atoms with Crippen LogP contribution in [0.4, 0.5) is 0 Å². The minimum atomic E-state index is 0.146. The summed E-state index contributed by atoms with van der Waals surface area (Å²) in [5.41, 5.74) is 3.09. The lowest BCUT2D eigenvalue weighted by molar-refractivity contribution is 0.571. The number of fused-ring (bicyclic) bond motifs is 1. The molecule has 0 spiro atoms. The van der Waals surface area contributed by atoms with Gasteiger partial charge in [0.05, 0.1) is 5.52 Å². The Bertz CT molecular complexity index is 626. The highest BCUT2D eigenvalue weighted by Crippen LogP contribution is 2.20. The van der Waals surface area contributed by atoms with E-state index < -0.39 is 0 Å². The fourth-order valence-electron chi connectivity index (χ4n) is 2.51. The first-order chi connectivity index (χ1) is 8.57. The SMILES string of the molecule is CNCc1c(C)c(=O)c2ccccc2n1C(C)C. The summed E-state index contributed by atoms with van der Waals surface area (Å²) < 4.78 is 2.25. The summed E-state index contributed by atoms with van der Waals surface area (Å²) in [5, 5.41) is 3.96. The molecule has 0 unspecified atom stereocenters. The van der Waals surface area contributed by atoms with Gasteiger partial charge in [0.1, 0.15) is 0 Å². The van der Waals surface area contributed by atoms with E-state index in [9.17, 15) is 4.79 Å². The molecule has 2 aromatic rings. The number of para-hydroxylation sites is 1. The Morgan fingerprint density at radius 3 is 2.56 bits per heavy atom. The van der Waals surface area contributed by atoms with Crippen LogP contribution < -0.4 is 10.7 Å². The third-order valence-electron chi connectivity index (χ3n) is 3.33. The first-order valence-corrected chi connectivity index (χ1v) is 6.35. The van der Waals surface area contributed by atoms with Crippen molar-refractivity contribution < 1.29 is 0 Å². The highest BCUT2D eigenvalue weighted by Gasteiger charge is 2.14. The lowest BCUT2D eigenvalue weighted by Gasteiger charge is -2.22. The maximum Gasteiger partial charge on any atom is 0.192 e. The molecule has 18 heavy (non-hydrogen) atoms. The van der Waals surface area contributed by atoms with Crippen LogP contribution >= 0.6 is 0 Å². The molecule has 1 aromatic carbocycles. The van der Waals surface area contributed by atoms with E-state index >= 15 is 0 Å². The summed E-state index contributed by atoms with van der Waals surface area (Å²) in [6.45, 7) is 6.93. The Morgan fingerprint density at radius 2 is 1.94 bits per heavy atom. The van der Waals surface area contributed by atoms with E-state index in [2.05, 4.69) is 23.7 Å². The first kappa shape index (κ1) is 12.8. The third kappa shape index (κ3) is 1.95. The second-order valence-corrected chi connectivity index (χ2v) is 4.91. The summed E-state index contributed by atoms with van der Waals surface area (Å²) in [7, 11) is 1.91. The molecular formula is C15H20N2O. The van der Waals surface area contributed by atoms with Crippen molar-refractivity contribution in [3.63, 3.8) is 0 Å². The summed E-state index contributed by atoms with van der Waals surface area (Å²) in [6, 6.07) is 8.17. The number of pyridine rings is 1. The van der Waals surface area contributed by atoms with E-state index in [-0.39, 0.29) is 5.43 Å². The molecule has 0 atom stereocenters. The van der Waals surface area contributed by atoms with Crippen LogP contribution in [0.1, 0.15) is 31.1 Å². The van der Waals surface area contributed by atoms with Gasteiger partial charge in [-0.15, -0.1) is 0 Å². The van der Waals surface area contributed by atoms with Crippen LogP contribution in [0, 0.1) is 6.92 Å². The van der Waals surface area contributed by atoms with Crippen LogP contribution in [0.15, 0.2) is 29.1 Å². The summed E-state index contributed by atoms with van der Waals surface area (Å²) in [4.78, 5) is 12.4. The van der Waals surface area contributed by atoms with Crippen LogP contribution in [-0.2, 0) is 6.54 Å². The number of aromatic nitrogens is 1. The Kier molecular flexibility index (Phi) is 3.53. The summed E-state index contributed by atoms with van der Waals surface area (Å²) in [5.74, 6) is 0. The van der Waals surface area contributed by atoms with Crippen molar-refractivity contribution in [3.05, 3.63) is 45.7 Å². The van der Waals surface area contributed by atoms with E-state index in [1.807, 2.05) is 38.2 Å². The minimum absolute atomic E-state index is 0.146. The molecule has 1 aromatic heterocycles. The molecule has 1 N–H and O–H groups in total. The molecule has 0 bridgehead atoms. The largest absolute Gasteiger partial charge is 0.340 e. The quantitative estimate of drug-likeness (QED) is 0.900. The highest BCUT2D eigenvalue weighted by atomic mass is 16.1. The van der Waals surface area contributed by atoms with Gasteiger partial charge >= 0.3 is 0 Å². The number of hydrogen-bond acceptors (Lipinski definition) is 2. The molecule has 0 aliphatic heterocycles. The van der Waals surface area contributed by atoms with Crippen molar-refractivity contribution in [1.82, 2.24) is 9.88 Å². The van der Waals surface area contributed by atoms with E-state index in [1.165, 1.54) is 0 Å². The van der Waals surface area contributed by atoms with Crippen LogP contribution in [0.25, 0.3) is 10.9 Å². The number of rotatable bonds is 3. The van der Waals surface area contributed by atoms with Crippen LogP contribution in [0.5, 0.6) is 0 Å². The molecule has 96 valence electrons. The fraction of sp³-hybridized carbons (Fsp3) is 0.400. The van der Waals surface area contributed by atoms with E-state index in [1.54, 1.807) is 0 Å². The molecule has 0 aliphatic carbocycles. The maximum absolute atomic E-state index is 12.4. The average molecular weight is 244 g/mol. The lowest BCUT2D eigenvalue weighted by atomic mass is 10.1. The zero-order chi connectivity index (χ0) is 13.3. The highest BCUT2D eigenvalue weighted by molar-refractivity contribution is 5.80. The van der Waals surface area contributed by atoms with E-state index in [0.717, 1.165) is 22.2 Å². The molecule has 0 amide bonds. The standard InChI is InChI=1S/C15H20N2O/c1-10(2)17-13-8-6-5-7-12(13)15(18)11(3)14(17)9-16-4/h5-8,10,16H,9H2,1-4H3. The normalized spacial score (nSPS) is 11.4. The van der Waals surface area contributed by atoms with Crippen molar-refractivity contribution in [1.29, 1.82) is 0 Å². The predicted molar refractivity (Wildman–Crippen MR) is 76.1 cm³/mol. The fourth-order valence-corrected chi connectivity index (χ4v) is 2.51. The molecular weight excluding hydrogens is 224 g/mol. The molecule has 0 saturated carbocycles. The number of hydrogen-bond donors (Lipinski definition) is 1. The summed E-state index contributed by atoms with van der Waals surface area (Å²) >= 11 is 0. The topological polar surface area (TPSA) is 34.0 Å². The van der Waals surface area contributed by atoms with Crippen molar-refractivity contribution in [2.24, 2.45) is 0 Å². The molecule has 0 radical (unpaired) electrons. The van der Waals surface area contributed by atoms with Crippen LogP contribution in [0.3, 0.4) is 0 Å². The second-order valence-electron chi connectivity index (χ2n) is 4.91. The molecule has 1 heterocycles. The van der Waals surface area contributed by atoms with Crippen molar-refractivity contribution in [2.75, 3.05) is 7.05 Å². The maximum atomic E-state index is 12.4. The Balaban J connectivity index is 2.93. The number of benzene rings is 1. The molecule has 0 fully saturated rings. The number of nitrogens with zero attached hydrogens (tertiary/aromatic N) is 1. The lowest BCUT2D eigenvalue weighted by Crippen LogP contribution is -2.23. The van der Waals surface area contributed by atoms with Gasteiger partial charge in [0.15, 0.2) is 5.43 Å². The minimum Gasteiger partial charge on any atom is -0.340 e. The van der Waals surface area contributed by atoms with E-state index in [0.29, 0.717) is 12.6 Å². The van der Waals surface area contributed by atoms with E-state index in [4.69, 9.17) is 0 Å². The van der Waals surface area contributed by atoms with Crippen LogP contribution in [-0.4, -0.2) is 11.6 Å². The monoisotopic (exact) mass is 244 g/mol. The van der Waals surface area contributed by atoms with Gasteiger partial charge in [-0.1, -0.05) is 12.1 Å². The predicted octanol–water partition coefficient (Wildman–Crippen LogP) is 2.61. The molecule has 0 saturated heterocycles. The zero-order valence-electron chi connectivity index (χ0n) is 11.4. The average Bonchev–Trinajstić information content (AvgIpc) is 2.35. The van der Waals surface area contributed by atoms with Gasteiger partial charge in [0, 0.05) is 29.2 Å².